The Kier molecular flexibility index (Phi) is 3.07. The third-order valence-electron chi connectivity index (χ3n) is 5.52. The normalized spacial score (nSPS) is 26.7. The molecule has 0 aliphatic heterocycles. The van der Waals surface area contributed by atoms with E-state index in [1.807, 2.05) is 0 Å². The molecule has 0 radical (unpaired) electrons. The highest BCUT2D eigenvalue weighted by molar-refractivity contribution is 5.86. The maximum Gasteiger partial charge on any atom is 0.329 e. The van der Waals surface area contributed by atoms with Gasteiger partial charge in [-0.1, -0.05) is 40.5 Å². The summed E-state index contributed by atoms with van der Waals surface area (Å²) in [4.78, 5) is 23.4. The van der Waals surface area contributed by atoms with Crippen molar-refractivity contribution in [3.63, 3.8) is 0 Å². The topological polar surface area (TPSA) is 78.4 Å². The van der Waals surface area contributed by atoms with Crippen molar-refractivity contribution >= 4 is 12.0 Å². The summed E-state index contributed by atoms with van der Waals surface area (Å²) in [5, 5.41) is 14.9. The maximum atomic E-state index is 12.0. The zero-order valence-electron chi connectivity index (χ0n) is 12.2. The summed E-state index contributed by atoms with van der Waals surface area (Å²) in [6.07, 6.45) is 2.75. The molecule has 0 aromatic carbocycles. The second kappa shape index (κ2) is 4.12. The van der Waals surface area contributed by atoms with Crippen molar-refractivity contribution in [2.24, 2.45) is 10.8 Å². The first-order valence-electron chi connectivity index (χ1n) is 6.95. The lowest BCUT2D eigenvalue weighted by Crippen LogP contribution is -2.56. The lowest BCUT2D eigenvalue weighted by atomic mass is 9.98. The highest BCUT2D eigenvalue weighted by Gasteiger charge is 2.65. The quantitative estimate of drug-likeness (QED) is 0.733. The SMILES string of the molecule is CC1(C)C(NC(=O)NC2(C(=O)O)CCCC2)C1(C)C. The molecule has 0 atom stereocenters. The summed E-state index contributed by atoms with van der Waals surface area (Å²) < 4.78 is 0. The Bertz CT molecular complexity index is 395. The molecule has 5 nitrogen and oxygen atoms in total. The number of carbonyl (C=O) groups is 2. The number of carbonyl (C=O) groups excluding carboxylic acids is 1. The molecule has 108 valence electrons. The third kappa shape index (κ3) is 2.09. The Morgan fingerprint density at radius 3 is 1.89 bits per heavy atom. The molecule has 0 heterocycles. The van der Waals surface area contributed by atoms with Crippen LogP contribution in [0.15, 0.2) is 0 Å². The molecule has 2 aliphatic rings. The second-order valence-corrected chi connectivity index (χ2v) is 7.07. The molecular formula is C14H24N2O3. The van der Waals surface area contributed by atoms with Crippen molar-refractivity contribution in [1.82, 2.24) is 10.6 Å². The maximum absolute atomic E-state index is 12.0. The molecule has 0 aromatic heterocycles. The van der Waals surface area contributed by atoms with Gasteiger partial charge in [0.25, 0.3) is 0 Å². The van der Waals surface area contributed by atoms with Crippen LogP contribution in [0.1, 0.15) is 53.4 Å². The fourth-order valence-corrected chi connectivity index (χ4v) is 3.31. The summed E-state index contributed by atoms with van der Waals surface area (Å²) in [7, 11) is 0. The number of hydrogen-bond acceptors (Lipinski definition) is 2. The van der Waals surface area contributed by atoms with E-state index in [1.165, 1.54) is 0 Å². The number of urea groups is 1. The molecular weight excluding hydrogens is 244 g/mol. The van der Waals surface area contributed by atoms with Crippen LogP contribution in [0.4, 0.5) is 4.79 Å². The van der Waals surface area contributed by atoms with Gasteiger partial charge in [0.1, 0.15) is 5.54 Å². The van der Waals surface area contributed by atoms with Gasteiger partial charge in [-0.2, -0.15) is 0 Å². The monoisotopic (exact) mass is 268 g/mol. The predicted octanol–water partition coefficient (Wildman–Crippen LogP) is 2.12. The summed E-state index contributed by atoms with van der Waals surface area (Å²) >= 11 is 0. The molecule has 2 saturated carbocycles. The average Bonchev–Trinajstić information content (AvgIpc) is 2.71. The Labute approximate surface area is 114 Å². The molecule has 19 heavy (non-hydrogen) atoms. The van der Waals surface area contributed by atoms with E-state index in [0.717, 1.165) is 12.8 Å². The smallest absolute Gasteiger partial charge is 0.329 e. The first-order valence-corrected chi connectivity index (χ1v) is 6.95. The lowest BCUT2D eigenvalue weighted by molar-refractivity contribution is -0.144. The van der Waals surface area contributed by atoms with Crippen LogP contribution in [0.25, 0.3) is 0 Å². The minimum atomic E-state index is -1.06. The number of rotatable bonds is 3. The number of nitrogens with one attached hydrogen (secondary N) is 2. The highest BCUT2D eigenvalue weighted by Crippen LogP contribution is 2.62. The Hall–Kier alpha value is -1.26. The van der Waals surface area contributed by atoms with Crippen LogP contribution in [0.5, 0.6) is 0 Å². The molecule has 5 heteroatoms. The van der Waals surface area contributed by atoms with Gasteiger partial charge in [0, 0.05) is 6.04 Å². The Morgan fingerprint density at radius 1 is 1.05 bits per heavy atom. The molecule has 2 amide bonds. The molecule has 0 bridgehead atoms. The number of carboxylic acid groups (broad SMARTS) is 1. The van der Waals surface area contributed by atoms with Crippen LogP contribution in [0, 0.1) is 10.8 Å². The lowest BCUT2D eigenvalue weighted by Gasteiger charge is -2.25. The van der Waals surface area contributed by atoms with E-state index in [-0.39, 0.29) is 22.9 Å². The van der Waals surface area contributed by atoms with Crippen LogP contribution < -0.4 is 10.6 Å². The van der Waals surface area contributed by atoms with Crippen LogP contribution in [0.3, 0.4) is 0 Å². The fourth-order valence-electron chi connectivity index (χ4n) is 3.31. The Balaban J connectivity index is 1.97. The minimum Gasteiger partial charge on any atom is -0.480 e. The van der Waals surface area contributed by atoms with Gasteiger partial charge >= 0.3 is 12.0 Å². The summed E-state index contributed by atoms with van der Waals surface area (Å²) in [5.41, 5.74) is -0.958. The van der Waals surface area contributed by atoms with Gasteiger partial charge in [-0.3, -0.25) is 0 Å². The van der Waals surface area contributed by atoms with Crippen molar-refractivity contribution in [1.29, 1.82) is 0 Å². The number of amides is 2. The summed E-state index contributed by atoms with van der Waals surface area (Å²) in [5.74, 6) is -0.922. The van der Waals surface area contributed by atoms with Gasteiger partial charge in [-0.05, 0) is 23.7 Å². The van der Waals surface area contributed by atoms with E-state index in [0.29, 0.717) is 12.8 Å². The van der Waals surface area contributed by atoms with Crippen molar-refractivity contribution in [2.75, 3.05) is 0 Å². The number of aliphatic carboxylic acids is 1. The molecule has 0 saturated heterocycles. The first kappa shape index (κ1) is 14.2. The molecule has 0 unspecified atom stereocenters. The van der Waals surface area contributed by atoms with Crippen molar-refractivity contribution in [3.8, 4) is 0 Å². The van der Waals surface area contributed by atoms with Gasteiger partial charge in [0.2, 0.25) is 0 Å². The summed E-state index contributed by atoms with van der Waals surface area (Å²) in [6.45, 7) is 8.45. The van der Waals surface area contributed by atoms with E-state index in [1.54, 1.807) is 0 Å². The fraction of sp³-hybridized carbons (Fsp3) is 0.857. The zero-order valence-corrected chi connectivity index (χ0v) is 12.2. The first-order chi connectivity index (χ1) is 8.63. The van der Waals surface area contributed by atoms with Gasteiger partial charge in [-0.15, -0.1) is 0 Å². The van der Waals surface area contributed by atoms with E-state index < -0.39 is 11.5 Å². The molecule has 3 N–H and O–H groups in total. The molecule has 2 rings (SSSR count). The zero-order chi connectivity index (χ0) is 14.5. The van der Waals surface area contributed by atoms with Crippen LogP contribution >= 0.6 is 0 Å². The predicted molar refractivity (Wildman–Crippen MR) is 71.9 cm³/mol. The highest BCUT2D eigenvalue weighted by atomic mass is 16.4. The average molecular weight is 268 g/mol. The number of hydrogen-bond donors (Lipinski definition) is 3. The van der Waals surface area contributed by atoms with Gasteiger partial charge in [0.05, 0.1) is 0 Å². The van der Waals surface area contributed by atoms with E-state index in [2.05, 4.69) is 38.3 Å². The van der Waals surface area contributed by atoms with E-state index >= 15 is 0 Å². The molecule has 2 fully saturated rings. The summed E-state index contributed by atoms with van der Waals surface area (Å²) in [6, 6.07) is -0.264. The van der Waals surface area contributed by atoms with E-state index in [9.17, 15) is 14.7 Å². The van der Waals surface area contributed by atoms with Crippen LogP contribution in [0.2, 0.25) is 0 Å². The molecule has 2 aliphatic carbocycles. The van der Waals surface area contributed by atoms with Crippen molar-refractivity contribution in [3.05, 3.63) is 0 Å². The largest absolute Gasteiger partial charge is 0.480 e. The second-order valence-electron chi connectivity index (χ2n) is 7.07. The van der Waals surface area contributed by atoms with Crippen LogP contribution in [-0.2, 0) is 4.79 Å². The van der Waals surface area contributed by atoms with Gasteiger partial charge in [-0.25, -0.2) is 9.59 Å². The standard InChI is InChI=1S/C14H24N2O3/c1-12(2)9(13(12,3)4)15-11(19)16-14(10(17)18)7-5-6-8-14/h9H,5-8H2,1-4H3,(H,17,18)(H2,15,16,19). The third-order valence-corrected chi connectivity index (χ3v) is 5.52. The van der Waals surface area contributed by atoms with Gasteiger partial charge < -0.3 is 15.7 Å². The Morgan fingerprint density at radius 2 is 1.53 bits per heavy atom. The van der Waals surface area contributed by atoms with Crippen molar-refractivity contribution < 1.29 is 14.7 Å². The molecule has 0 spiro atoms. The van der Waals surface area contributed by atoms with Crippen LogP contribution in [-0.4, -0.2) is 28.7 Å². The minimum absolute atomic E-state index is 0.0520. The van der Waals surface area contributed by atoms with Gasteiger partial charge in [0.15, 0.2) is 0 Å². The number of carboxylic acids is 1. The van der Waals surface area contributed by atoms with E-state index in [4.69, 9.17) is 0 Å². The van der Waals surface area contributed by atoms with Crippen molar-refractivity contribution in [2.45, 2.75) is 65.0 Å². The molecule has 0 aromatic rings.